The molecule has 2 aromatic rings. The quantitative estimate of drug-likeness (QED) is 0.823. The van der Waals surface area contributed by atoms with Crippen LogP contribution in [0.3, 0.4) is 0 Å². The molecule has 0 fully saturated rings. The number of rotatable bonds is 1. The van der Waals surface area contributed by atoms with Crippen molar-refractivity contribution in [2.75, 3.05) is 0 Å². The van der Waals surface area contributed by atoms with E-state index in [1.807, 2.05) is 0 Å². The van der Waals surface area contributed by atoms with Gasteiger partial charge in [-0.25, -0.2) is 4.39 Å². The van der Waals surface area contributed by atoms with E-state index in [0.29, 0.717) is 21.7 Å². The average molecular weight is 238 g/mol. The molecule has 0 bridgehead atoms. The van der Waals surface area contributed by atoms with Crippen molar-refractivity contribution in [3.05, 3.63) is 47.0 Å². The fourth-order valence-corrected chi connectivity index (χ4v) is 1.77. The van der Waals surface area contributed by atoms with Crippen LogP contribution in [0.15, 0.2) is 30.6 Å². The van der Waals surface area contributed by atoms with Crippen LogP contribution in [-0.2, 0) is 0 Å². The maximum absolute atomic E-state index is 13.4. The molecule has 0 aliphatic heterocycles. The zero-order valence-corrected chi connectivity index (χ0v) is 9.29. The van der Waals surface area contributed by atoms with Crippen molar-refractivity contribution < 1.29 is 9.50 Å². The SMILES string of the molecule is Cc1cc(Cl)c(-c2cncc(O)c2)cc1F. The van der Waals surface area contributed by atoms with Crippen LogP contribution < -0.4 is 0 Å². The molecule has 0 aliphatic carbocycles. The first kappa shape index (κ1) is 10.9. The summed E-state index contributed by atoms with van der Waals surface area (Å²) in [6.45, 7) is 1.64. The van der Waals surface area contributed by atoms with Gasteiger partial charge in [-0.15, -0.1) is 0 Å². The Balaban J connectivity index is 2.60. The minimum Gasteiger partial charge on any atom is -0.506 e. The summed E-state index contributed by atoms with van der Waals surface area (Å²) in [6.07, 6.45) is 2.83. The zero-order valence-electron chi connectivity index (χ0n) is 8.54. The first-order valence-corrected chi connectivity index (χ1v) is 5.06. The summed E-state index contributed by atoms with van der Waals surface area (Å²) in [5, 5.41) is 9.73. The van der Waals surface area contributed by atoms with Crippen LogP contribution >= 0.6 is 11.6 Å². The second-order valence-corrected chi connectivity index (χ2v) is 3.92. The monoisotopic (exact) mass is 237 g/mol. The molecule has 0 radical (unpaired) electrons. The summed E-state index contributed by atoms with van der Waals surface area (Å²) in [5.74, 6) is -0.308. The third kappa shape index (κ3) is 1.99. The molecule has 2 nitrogen and oxygen atoms in total. The molecule has 1 N–H and O–H groups in total. The molecule has 0 spiro atoms. The molecule has 0 aliphatic rings. The predicted molar refractivity (Wildman–Crippen MR) is 61.0 cm³/mol. The van der Waals surface area contributed by atoms with Crippen LogP contribution in [0.4, 0.5) is 4.39 Å². The molecule has 0 saturated carbocycles. The normalized spacial score (nSPS) is 10.4. The molecule has 1 aromatic heterocycles. The van der Waals surface area contributed by atoms with E-state index in [-0.39, 0.29) is 11.6 Å². The van der Waals surface area contributed by atoms with Gasteiger partial charge in [0.05, 0.1) is 6.20 Å². The van der Waals surface area contributed by atoms with E-state index in [4.69, 9.17) is 11.6 Å². The zero-order chi connectivity index (χ0) is 11.7. The van der Waals surface area contributed by atoms with Crippen molar-refractivity contribution in [3.63, 3.8) is 0 Å². The van der Waals surface area contributed by atoms with Gasteiger partial charge in [0.15, 0.2) is 0 Å². The lowest BCUT2D eigenvalue weighted by Gasteiger charge is -2.06. The number of hydrogen-bond acceptors (Lipinski definition) is 2. The third-order valence-electron chi connectivity index (χ3n) is 2.28. The molecule has 1 aromatic carbocycles. The van der Waals surface area contributed by atoms with Crippen molar-refractivity contribution in [1.29, 1.82) is 0 Å². The molecule has 1 heterocycles. The standard InChI is InChI=1S/C12H9ClFNO/c1-7-2-11(13)10(4-12(7)14)8-3-9(16)6-15-5-8/h2-6,16H,1H3. The highest BCUT2D eigenvalue weighted by molar-refractivity contribution is 6.33. The summed E-state index contributed by atoms with van der Waals surface area (Å²) >= 11 is 6.01. The van der Waals surface area contributed by atoms with Crippen molar-refractivity contribution in [2.24, 2.45) is 0 Å². The molecule has 0 atom stereocenters. The van der Waals surface area contributed by atoms with Crippen LogP contribution in [0.2, 0.25) is 5.02 Å². The van der Waals surface area contributed by atoms with Gasteiger partial charge in [0.1, 0.15) is 11.6 Å². The minimum absolute atomic E-state index is 0.0227. The van der Waals surface area contributed by atoms with E-state index in [0.717, 1.165) is 0 Å². The van der Waals surface area contributed by atoms with Gasteiger partial charge in [-0.05, 0) is 30.7 Å². The number of pyridine rings is 1. The van der Waals surface area contributed by atoms with Crippen molar-refractivity contribution in [2.45, 2.75) is 6.92 Å². The highest BCUT2D eigenvalue weighted by Crippen LogP contribution is 2.31. The third-order valence-corrected chi connectivity index (χ3v) is 2.60. The van der Waals surface area contributed by atoms with E-state index in [2.05, 4.69) is 4.98 Å². The highest BCUT2D eigenvalue weighted by Gasteiger charge is 2.08. The van der Waals surface area contributed by atoms with Crippen molar-refractivity contribution >= 4 is 11.6 Å². The summed E-state index contributed by atoms with van der Waals surface area (Å²) in [5.41, 5.74) is 1.60. The summed E-state index contributed by atoms with van der Waals surface area (Å²) < 4.78 is 13.4. The van der Waals surface area contributed by atoms with Crippen LogP contribution in [0.1, 0.15) is 5.56 Å². The molecule has 2 rings (SSSR count). The molecule has 0 saturated heterocycles. The van der Waals surface area contributed by atoms with Gasteiger partial charge in [0.2, 0.25) is 0 Å². The second-order valence-electron chi connectivity index (χ2n) is 3.51. The number of nitrogens with zero attached hydrogens (tertiary/aromatic N) is 1. The fraction of sp³-hybridized carbons (Fsp3) is 0.0833. The Labute approximate surface area is 97.3 Å². The molecular weight excluding hydrogens is 229 g/mol. The van der Waals surface area contributed by atoms with Crippen molar-refractivity contribution in [1.82, 2.24) is 4.98 Å². The number of aromatic nitrogens is 1. The van der Waals surface area contributed by atoms with Gasteiger partial charge in [0, 0.05) is 22.3 Å². The lowest BCUT2D eigenvalue weighted by molar-refractivity contribution is 0.473. The van der Waals surface area contributed by atoms with Gasteiger partial charge in [0.25, 0.3) is 0 Å². The molecular formula is C12H9ClFNO. The number of benzene rings is 1. The second kappa shape index (κ2) is 4.10. The van der Waals surface area contributed by atoms with Gasteiger partial charge in [-0.1, -0.05) is 11.6 Å². The van der Waals surface area contributed by atoms with Crippen LogP contribution in [0, 0.1) is 12.7 Å². The maximum Gasteiger partial charge on any atom is 0.134 e. The number of hydrogen-bond donors (Lipinski definition) is 1. The molecule has 0 amide bonds. The number of aromatic hydroxyl groups is 1. The van der Waals surface area contributed by atoms with Crippen LogP contribution in [0.5, 0.6) is 5.75 Å². The summed E-state index contributed by atoms with van der Waals surface area (Å²) in [7, 11) is 0. The molecule has 4 heteroatoms. The highest BCUT2D eigenvalue weighted by atomic mass is 35.5. The predicted octanol–water partition coefficient (Wildman–Crippen LogP) is 3.56. The van der Waals surface area contributed by atoms with Crippen molar-refractivity contribution in [3.8, 4) is 16.9 Å². The minimum atomic E-state index is -0.331. The Morgan fingerprint density at radius 2 is 2.00 bits per heavy atom. The first-order valence-electron chi connectivity index (χ1n) is 4.68. The Hall–Kier alpha value is -1.61. The smallest absolute Gasteiger partial charge is 0.134 e. The van der Waals surface area contributed by atoms with Gasteiger partial charge in [-0.3, -0.25) is 4.98 Å². The lowest BCUT2D eigenvalue weighted by atomic mass is 10.1. The maximum atomic E-state index is 13.4. The first-order chi connectivity index (χ1) is 7.58. The van der Waals surface area contributed by atoms with E-state index >= 15 is 0 Å². The van der Waals surface area contributed by atoms with E-state index < -0.39 is 0 Å². The number of halogens is 2. The topological polar surface area (TPSA) is 33.1 Å². The van der Waals surface area contributed by atoms with E-state index in [1.165, 1.54) is 24.5 Å². The Morgan fingerprint density at radius 3 is 2.69 bits per heavy atom. The Kier molecular flexibility index (Phi) is 2.79. The van der Waals surface area contributed by atoms with E-state index in [1.54, 1.807) is 13.0 Å². The van der Waals surface area contributed by atoms with Gasteiger partial charge in [-0.2, -0.15) is 0 Å². The van der Waals surface area contributed by atoms with Crippen LogP contribution in [0.25, 0.3) is 11.1 Å². The van der Waals surface area contributed by atoms with E-state index in [9.17, 15) is 9.50 Å². The Morgan fingerprint density at radius 1 is 1.25 bits per heavy atom. The average Bonchev–Trinajstić information content (AvgIpc) is 2.23. The van der Waals surface area contributed by atoms with Gasteiger partial charge < -0.3 is 5.11 Å². The molecule has 82 valence electrons. The summed E-state index contributed by atoms with van der Waals surface area (Å²) in [6, 6.07) is 4.38. The number of aryl methyl sites for hydroxylation is 1. The largest absolute Gasteiger partial charge is 0.506 e. The van der Waals surface area contributed by atoms with Gasteiger partial charge >= 0.3 is 0 Å². The fourth-order valence-electron chi connectivity index (χ4n) is 1.44. The lowest BCUT2D eigenvalue weighted by Crippen LogP contribution is -1.87. The molecule has 0 unspecified atom stereocenters. The molecule has 16 heavy (non-hydrogen) atoms. The van der Waals surface area contributed by atoms with Crippen LogP contribution in [-0.4, -0.2) is 10.1 Å². The Bertz CT molecular complexity index is 543. The summed E-state index contributed by atoms with van der Waals surface area (Å²) in [4.78, 5) is 3.82.